The maximum atomic E-state index is 12.7. The molecule has 0 saturated carbocycles. The average molecular weight is 349 g/mol. The van der Waals surface area contributed by atoms with Crippen molar-refractivity contribution in [3.05, 3.63) is 42.1 Å². The summed E-state index contributed by atoms with van der Waals surface area (Å²) in [6, 6.07) is 4.77. The van der Waals surface area contributed by atoms with Gasteiger partial charge in [0.25, 0.3) is 5.91 Å². The summed E-state index contributed by atoms with van der Waals surface area (Å²) < 4.78 is 32.2. The molecule has 1 aliphatic heterocycles. The Hall–Kier alpha value is -2.19. The Balaban J connectivity index is 1.90. The number of pyridine rings is 1. The summed E-state index contributed by atoms with van der Waals surface area (Å²) in [6.07, 6.45) is 4.87. The van der Waals surface area contributed by atoms with Gasteiger partial charge in [-0.05, 0) is 31.9 Å². The zero-order valence-electron chi connectivity index (χ0n) is 13.6. The molecular formula is C16H19N3O4S. The fourth-order valence-corrected chi connectivity index (χ4v) is 4.41. The van der Waals surface area contributed by atoms with Gasteiger partial charge in [-0.25, -0.2) is 8.42 Å². The maximum Gasteiger partial charge on any atom is 0.293 e. The summed E-state index contributed by atoms with van der Waals surface area (Å²) in [5.41, 5.74) is 0.598. The Bertz CT molecular complexity index is 839. The van der Waals surface area contributed by atoms with Crippen LogP contribution < -0.4 is 4.90 Å². The molecule has 1 saturated heterocycles. The Morgan fingerprint density at radius 3 is 2.67 bits per heavy atom. The Kier molecular flexibility index (Phi) is 4.42. The van der Waals surface area contributed by atoms with Crippen LogP contribution in [0.25, 0.3) is 0 Å². The van der Waals surface area contributed by atoms with Crippen molar-refractivity contribution in [1.29, 1.82) is 0 Å². The van der Waals surface area contributed by atoms with Crippen molar-refractivity contribution in [2.45, 2.75) is 24.7 Å². The Morgan fingerprint density at radius 1 is 1.33 bits per heavy atom. The highest BCUT2D eigenvalue weighted by Crippen LogP contribution is 2.27. The third-order valence-electron chi connectivity index (χ3n) is 4.10. The molecule has 0 bridgehead atoms. The molecule has 7 nitrogen and oxygen atoms in total. The van der Waals surface area contributed by atoms with Crippen molar-refractivity contribution >= 4 is 21.6 Å². The quantitative estimate of drug-likeness (QED) is 0.843. The van der Waals surface area contributed by atoms with Gasteiger partial charge < -0.3 is 9.32 Å². The van der Waals surface area contributed by atoms with Crippen LogP contribution in [0.3, 0.4) is 0 Å². The number of nitrogens with zero attached hydrogens (tertiary/aromatic N) is 3. The van der Waals surface area contributed by atoms with Crippen LogP contribution >= 0.6 is 0 Å². The summed E-state index contributed by atoms with van der Waals surface area (Å²) >= 11 is 0. The summed E-state index contributed by atoms with van der Waals surface area (Å²) in [5.74, 6) is -0.199. The highest BCUT2D eigenvalue weighted by Gasteiger charge is 2.32. The van der Waals surface area contributed by atoms with Crippen molar-refractivity contribution in [1.82, 2.24) is 9.29 Å². The number of hydrogen-bond donors (Lipinski definition) is 0. The number of aryl methyl sites for hydroxylation is 1. The lowest BCUT2D eigenvalue weighted by Gasteiger charge is -2.15. The van der Waals surface area contributed by atoms with Crippen LogP contribution in [-0.4, -0.2) is 43.8 Å². The van der Waals surface area contributed by atoms with Crippen LogP contribution in [0.2, 0.25) is 0 Å². The van der Waals surface area contributed by atoms with Crippen LogP contribution in [-0.2, 0) is 10.0 Å². The van der Waals surface area contributed by atoms with E-state index in [1.165, 1.54) is 15.3 Å². The number of amides is 1. The van der Waals surface area contributed by atoms with Crippen molar-refractivity contribution in [2.24, 2.45) is 0 Å². The molecule has 0 N–H and O–H groups in total. The predicted octanol–water partition coefficient (Wildman–Crippen LogP) is 2.04. The molecule has 2 aromatic rings. The minimum Gasteiger partial charge on any atom is -0.455 e. The van der Waals surface area contributed by atoms with Crippen LogP contribution in [0.1, 0.15) is 29.2 Å². The number of furan rings is 1. The predicted molar refractivity (Wildman–Crippen MR) is 88.4 cm³/mol. The molecule has 0 aliphatic carbocycles. The molecule has 1 amide bonds. The smallest absolute Gasteiger partial charge is 0.293 e. The largest absolute Gasteiger partial charge is 0.455 e. The molecule has 2 aromatic heterocycles. The summed E-state index contributed by atoms with van der Waals surface area (Å²) in [4.78, 5) is 18.0. The third-order valence-corrected chi connectivity index (χ3v) is 6.11. The topological polar surface area (TPSA) is 83.7 Å². The molecular weight excluding hydrogens is 330 g/mol. The number of sulfonamides is 1. The Labute approximate surface area is 140 Å². The van der Waals surface area contributed by atoms with Gasteiger partial charge in [0.05, 0.1) is 11.9 Å². The maximum absolute atomic E-state index is 12.7. The van der Waals surface area contributed by atoms with E-state index in [2.05, 4.69) is 4.98 Å². The van der Waals surface area contributed by atoms with E-state index >= 15 is 0 Å². The molecule has 128 valence electrons. The van der Waals surface area contributed by atoms with Crippen LogP contribution in [0.15, 0.2) is 39.9 Å². The van der Waals surface area contributed by atoms with E-state index in [1.807, 2.05) is 0 Å². The van der Waals surface area contributed by atoms with E-state index in [0.29, 0.717) is 18.8 Å². The molecule has 24 heavy (non-hydrogen) atoms. The number of carbonyl (C=O) groups excluding carboxylic acids is 1. The highest BCUT2D eigenvalue weighted by atomic mass is 32.2. The minimum atomic E-state index is -3.62. The van der Waals surface area contributed by atoms with Crippen LogP contribution in [0, 0.1) is 6.92 Å². The zero-order valence-corrected chi connectivity index (χ0v) is 14.4. The second-order valence-corrected chi connectivity index (χ2v) is 7.62. The van der Waals surface area contributed by atoms with E-state index in [0.717, 1.165) is 12.8 Å². The average Bonchev–Trinajstić information content (AvgIpc) is 3.24. The van der Waals surface area contributed by atoms with Crippen LogP contribution in [0.5, 0.6) is 0 Å². The number of carbonyl (C=O) groups is 1. The molecule has 0 atom stereocenters. The van der Waals surface area contributed by atoms with Crippen molar-refractivity contribution in [3.63, 3.8) is 0 Å². The number of hydrogen-bond acceptors (Lipinski definition) is 5. The second kappa shape index (κ2) is 6.37. The fourth-order valence-electron chi connectivity index (χ4n) is 2.73. The van der Waals surface area contributed by atoms with Gasteiger partial charge in [-0.15, -0.1) is 0 Å². The first kappa shape index (κ1) is 16.7. The zero-order chi connectivity index (χ0) is 17.3. The molecule has 0 spiro atoms. The standard InChI is InChI=1S/C16H19N3O4S/c1-12-15(24(21,22)19-8-3-4-9-19)10-14(23-12)16(20)18(2)13-6-5-7-17-11-13/h5-7,10-11H,3-4,8-9H2,1-2H3. The minimum absolute atomic E-state index is 0.00313. The normalized spacial score (nSPS) is 15.6. The first-order valence-electron chi connectivity index (χ1n) is 7.70. The molecule has 0 unspecified atom stereocenters. The van der Waals surface area contributed by atoms with Gasteiger partial charge in [0, 0.05) is 32.4 Å². The lowest BCUT2D eigenvalue weighted by molar-refractivity contribution is 0.0965. The lowest BCUT2D eigenvalue weighted by Crippen LogP contribution is -2.28. The molecule has 0 aromatic carbocycles. The fraction of sp³-hybridized carbons (Fsp3) is 0.375. The number of aromatic nitrogens is 1. The second-order valence-electron chi connectivity index (χ2n) is 5.72. The monoisotopic (exact) mass is 349 g/mol. The summed E-state index contributed by atoms with van der Waals surface area (Å²) in [7, 11) is -2.03. The van der Waals surface area contributed by atoms with Gasteiger partial charge in [0.15, 0.2) is 5.76 Å². The molecule has 8 heteroatoms. The van der Waals surface area contributed by atoms with Crippen LogP contribution in [0.4, 0.5) is 5.69 Å². The lowest BCUT2D eigenvalue weighted by atomic mass is 10.3. The van der Waals surface area contributed by atoms with Gasteiger partial charge in [0.2, 0.25) is 10.0 Å². The first-order valence-corrected chi connectivity index (χ1v) is 9.14. The van der Waals surface area contributed by atoms with Crippen molar-refractivity contribution in [3.8, 4) is 0 Å². The van der Waals surface area contributed by atoms with Gasteiger partial charge >= 0.3 is 0 Å². The van der Waals surface area contributed by atoms with Gasteiger partial charge in [-0.2, -0.15) is 4.31 Å². The molecule has 1 fully saturated rings. The van der Waals surface area contributed by atoms with E-state index in [4.69, 9.17) is 4.42 Å². The van der Waals surface area contributed by atoms with Gasteiger partial charge in [0.1, 0.15) is 10.7 Å². The molecule has 3 rings (SSSR count). The van der Waals surface area contributed by atoms with Gasteiger partial charge in [-0.1, -0.05) is 0 Å². The Morgan fingerprint density at radius 2 is 2.04 bits per heavy atom. The van der Waals surface area contributed by atoms with E-state index in [9.17, 15) is 13.2 Å². The first-order chi connectivity index (χ1) is 11.4. The SMILES string of the molecule is Cc1oc(C(=O)N(C)c2cccnc2)cc1S(=O)(=O)N1CCCC1. The van der Waals surface area contributed by atoms with Gasteiger partial charge in [-0.3, -0.25) is 9.78 Å². The molecule has 3 heterocycles. The van der Waals surface area contributed by atoms with E-state index in [1.54, 1.807) is 38.5 Å². The van der Waals surface area contributed by atoms with E-state index in [-0.39, 0.29) is 16.4 Å². The molecule has 1 aliphatic rings. The summed E-state index contributed by atoms with van der Waals surface area (Å²) in [6.45, 7) is 2.57. The number of anilines is 1. The van der Waals surface area contributed by atoms with Crippen molar-refractivity contribution in [2.75, 3.05) is 25.0 Å². The van der Waals surface area contributed by atoms with Crippen molar-refractivity contribution < 1.29 is 17.6 Å². The highest BCUT2D eigenvalue weighted by molar-refractivity contribution is 7.89. The summed E-state index contributed by atoms with van der Waals surface area (Å²) in [5, 5.41) is 0. The third kappa shape index (κ3) is 2.94. The molecule has 0 radical (unpaired) electrons. The van der Waals surface area contributed by atoms with E-state index < -0.39 is 15.9 Å². The number of rotatable bonds is 4.